The lowest BCUT2D eigenvalue weighted by Crippen LogP contribution is -2.37. The summed E-state index contributed by atoms with van der Waals surface area (Å²) in [6, 6.07) is 3.55. The highest BCUT2D eigenvalue weighted by molar-refractivity contribution is 6.32. The Labute approximate surface area is 136 Å². The van der Waals surface area contributed by atoms with Crippen molar-refractivity contribution in [3.05, 3.63) is 28.3 Å². The van der Waals surface area contributed by atoms with Gasteiger partial charge in [-0.15, -0.1) is 0 Å². The Morgan fingerprint density at radius 3 is 2.73 bits per heavy atom. The zero-order valence-corrected chi connectivity index (χ0v) is 14.0. The predicted octanol–water partition coefficient (Wildman–Crippen LogP) is 3.71. The molecule has 0 unspecified atom stereocenters. The van der Waals surface area contributed by atoms with E-state index in [2.05, 4.69) is 5.32 Å². The van der Waals surface area contributed by atoms with Crippen LogP contribution in [0.1, 0.15) is 61.9 Å². The first-order valence-electron chi connectivity index (χ1n) is 7.75. The first-order chi connectivity index (χ1) is 10.5. The second-order valence-electron chi connectivity index (χ2n) is 5.73. The van der Waals surface area contributed by atoms with Crippen LogP contribution in [-0.2, 0) is 4.79 Å². The van der Waals surface area contributed by atoms with E-state index >= 15 is 0 Å². The van der Waals surface area contributed by atoms with Gasteiger partial charge in [-0.2, -0.15) is 0 Å². The molecule has 2 rings (SSSR count). The van der Waals surface area contributed by atoms with E-state index in [0.29, 0.717) is 22.8 Å². The normalized spacial score (nSPS) is 16.8. The number of nitrogens with one attached hydrogen (secondary N) is 1. The first kappa shape index (κ1) is 16.8. The maximum atomic E-state index is 12.1. The molecule has 0 radical (unpaired) electrons. The fourth-order valence-electron chi connectivity index (χ4n) is 2.85. The molecule has 0 fully saturated rings. The van der Waals surface area contributed by atoms with Crippen LogP contribution in [0.15, 0.2) is 12.1 Å². The van der Waals surface area contributed by atoms with Crippen LogP contribution >= 0.6 is 11.6 Å². The van der Waals surface area contributed by atoms with Gasteiger partial charge in [0.2, 0.25) is 0 Å². The van der Waals surface area contributed by atoms with E-state index in [1.54, 1.807) is 12.1 Å². The molecule has 1 N–H and O–H groups in total. The lowest BCUT2D eigenvalue weighted by atomic mass is 10.0. The fraction of sp³-hybridized carbons (Fsp3) is 0.529. The third-order valence-corrected chi connectivity index (χ3v) is 4.46. The summed E-state index contributed by atoms with van der Waals surface area (Å²) in [6.07, 6.45) is 2.21. The van der Waals surface area contributed by atoms with E-state index in [1.165, 1.54) is 0 Å². The summed E-state index contributed by atoms with van der Waals surface area (Å²) in [5.74, 6) is 0.404. The van der Waals surface area contributed by atoms with E-state index in [9.17, 15) is 9.59 Å². The summed E-state index contributed by atoms with van der Waals surface area (Å²) >= 11 is 6.18. The number of hydrogen-bond acceptors (Lipinski definition) is 3. The Morgan fingerprint density at radius 2 is 2.09 bits per heavy atom. The maximum absolute atomic E-state index is 12.1. The van der Waals surface area contributed by atoms with E-state index in [1.807, 2.05) is 20.8 Å². The van der Waals surface area contributed by atoms with Crippen molar-refractivity contribution in [1.82, 2.24) is 5.32 Å². The second kappa shape index (κ2) is 7.14. The lowest BCUT2D eigenvalue weighted by molar-refractivity contribution is -0.123. The molecule has 1 aromatic carbocycles. The molecule has 1 aliphatic carbocycles. The van der Waals surface area contributed by atoms with Crippen LogP contribution in [0, 0.1) is 0 Å². The van der Waals surface area contributed by atoms with Crippen molar-refractivity contribution >= 4 is 23.3 Å². The van der Waals surface area contributed by atoms with Gasteiger partial charge in [-0.3, -0.25) is 9.59 Å². The number of Topliss-reactive ketones (excluding diaryl/α,β-unsaturated/α-hetero) is 1. The molecule has 0 aliphatic heterocycles. The van der Waals surface area contributed by atoms with Gasteiger partial charge in [0.05, 0.1) is 5.56 Å². The Kier molecular flexibility index (Phi) is 5.46. The Hall–Kier alpha value is -1.55. The quantitative estimate of drug-likeness (QED) is 0.868. The van der Waals surface area contributed by atoms with E-state index in [4.69, 9.17) is 16.3 Å². The van der Waals surface area contributed by atoms with Crippen molar-refractivity contribution in [2.75, 3.05) is 6.61 Å². The van der Waals surface area contributed by atoms with Gasteiger partial charge in [-0.25, -0.2) is 0 Å². The van der Waals surface area contributed by atoms with Crippen molar-refractivity contribution in [2.45, 2.75) is 52.0 Å². The minimum absolute atomic E-state index is 0.0281. The van der Waals surface area contributed by atoms with Crippen LogP contribution in [-0.4, -0.2) is 24.3 Å². The molecule has 1 atom stereocenters. The Balaban J connectivity index is 2.09. The Bertz CT molecular complexity index is 582. The summed E-state index contributed by atoms with van der Waals surface area (Å²) < 4.78 is 5.58. The summed E-state index contributed by atoms with van der Waals surface area (Å²) in [6.45, 7) is 5.94. The third-order valence-electron chi connectivity index (χ3n) is 4.13. The number of fused-ring (bicyclic) bond motifs is 1. The maximum Gasteiger partial charge on any atom is 0.258 e. The van der Waals surface area contributed by atoms with Crippen molar-refractivity contribution in [2.24, 2.45) is 0 Å². The minimum Gasteiger partial charge on any atom is -0.483 e. The molecule has 1 aromatic rings. The van der Waals surface area contributed by atoms with E-state index in [0.717, 1.165) is 18.4 Å². The monoisotopic (exact) mass is 323 g/mol. The number of ether oxygens (including phenoxy) is 1. The van der Waals surface area contributed by atoms with Crippen LogP contribution in [0.2, 0.25) is 5.02 Å². The second-order valence-corrected chi connectivity index (χ2v) is 6.14. The number of carbonyl (C=O) groups excluding carboxylic acids is 2. The molecule has 0 saturated heterocycles. The molecule has 4 nitrogen and oxygen atoms in total. The smallest absolute Gasteiger partial charge is 0.258 e. The topological polar surface area (TPSA) is 55.4 Å². The van der Waals surface area contributed by atoms with E-state index < -0.39 is 0 Å². The molecule has 1 aliphatic rings. The molecule has 1 amide bonds. The number of rotatable bonds is 6. The number of amides is 1. The zero-order valence-electron chi connectivity index (χ0n) is 13.2. The SMILES string of the molecule is CCC(CC)NC(=O)COc1ccc(Cl)c2c1C(=O)C[C@@H]2C. The van der Waals surface area contributed by atoms with Crippen LogP contribution < -0.4 is 10.1 Å². The van der Waals surface area contributed by atoms with Crippen molar-refractivity contribution < 1.29 is 14.3 Å². The largest absolute Gasteiger partial charge is 0.483 e. The summed E-state index contributed by atoms with van der Waals surface area (Å²) in [4.78, 5) is 24.0. The molecular formula is C17H22ClNO3. The molecule has 0 spiro atoms. The van der Waals surface area contributed by atoms with Crippen LogP contribution in [0.3, 0.4) is 0 Å². The number of halogens is 1. The highest BCUT2D eigenvalue weighted by Gasteiger charge is 2.31. The van der Waals surface area contributed by atoms with Gasteiger partial charge >= 0.3 is 0 Å². The number of carbonyl (C=O) groups is 2. The average molecular weight is 324 g/mol. The minimum atomic E-state index is -0.170. The van der Waals surface area contributed by atoms with Crippen molar-refractivity contribution in [3.8, 4) is 5.75 Å². The van der Waals surface area contributed by atoms with Crippen LogP contribution in [0.4, 0.5) is 0 Å². The summed E-state index contributed by atoms with van der Waals surface area (Å²) in [5.41, 5.74) is 1.37. The molecular weight excluding hydrogens is 302 g/mol. The van der Waals surface area contributed by atoms with Crippen molar-refractivity contribution in [1.29, 1.82) is 0 Å². The van der Waals surface area contributed by atoms with Gasteiger partial charge in [-0.1, -0.05) is 32.4 Å². The number of ketones is 1. The van der Waals surface area contributed by atoms with Gasteiger partial charge in [0, 0.05) is 17.5 Å². The Morgan fingerprint density at radius 1 is 1.41 bits per heavy atom. The van der Waals surface area contributed by atoms with Crippen molar-refractivity contribution in [3.63, 3.8) is 0 Å². The predicted molar refractivity (Wildman–Crippen MR) is 86.8 cm³/mol. The van der Waals surface area contributed by atoms with E-state index in [-0.39, 0.29) is 30.3 Å². The van der Waals surface area contributed by atoms with Gasteiger partial charge < -0.3 is 10.1 Å². The standard InChI is InChI=1S/C17H22ClNO3/c1-4-11(5-2)19-15(21)9-22-14-7-6-12(18)16-10(3)8-13(20)17(14)16/h6-7,10-11H,4-5,8-9H2,1-3H3,(H,19,21)/t10-/m0/s1. The molecule has 0 aromatic heterocycles. The fourth-order valence-corrected chi connectivity index (χ4v) is 3.20. The molecule has 0 bridgehead atoms. The number of benzene rings is 1. The van der Waals surface area contributed by atoms with Crippen LogP contribution in [0.5, 0.6) is 5.75 Å². The first-order valence-corrected chi connectivity index (χ1v) is 8.13. The average Bonchev–Trinajstić information content (AvgIpc) is 2.80. The van der Waals surface area contributed by atoms with Gasteiger partial charge in [0.15, 0.2) is 12.4 Å². The van der Waals surface area contributed by atoms with Gasteiger partial charge in [0.1, 0.15) is 5.75 Å². The van der Waals surface area contributed by atoms with Gasteiger partial charge in [0.25, 0.3) is 5.91 Å². The lowest BCUT2D eigenvalue weighted by Gasteiger charge is -2.16. The third kappa shape index (κ3) is 3.43. The van der Waals surface area contributed by atoms with Crippen LogP contribution in [0.25, 0.3) is 0 Å². The van der Waals surface area contributed by atoms with Gasteiger partial charge in [-0.05, 0) is 36.5 Å². The molecule has 22 heavy (non-hydrogen) atoms. The summed E-state index contributed by atoms with van der Waals surface area (Å²) in [7, 11) is 0. The molecule has 120 valence electrons. The highest BCUT2D eigenvalue weighted by atomic mass is 35.5. The zero-order chi connectivity index (χ0) is 16.3. The molecule has 0 saturated carbocycles. The summed E-state index contributed by atoms with van der Waals surface area (Å²) in [5, 5.41) is 3.50. The molecule has 0 heterocycles. The molecule has 5 heteroatoms. The number of hydrogen-bond donors (Lipinski definition) is 1. The highest BCUT2D eigenvalue weighted by Crippen LogP contribution is 2.42.